The van der Waals surface area contributed by atoms with Crippen LogP contribution in [0, 0.1) is 12.7 Å². The highest BCUT2D eigenvalue weighted by Crippen LogP contribution is 2.55. The lowest BCUT2D eigenvalue weighted by molar-refractivity contribution is -0.123. The van der Waals surface area contributed by atoms with Crippen LogP contribution in [0.3, 0.4) is 0 Å². The van der Waals surface area contributed by atoms with Crippen molar-refractivity contribution in [2.45, 2.75) is 18.3 Å². The first kappa shape index (κ1) is 21.5. The summed E-state index contributed by atoms with van der Waals surface area (Å²) in [6.07, 6.45) is 0. The van der Waals surface area contributed by atoms with Gasteiger partial charge in [0.05, 0.1) is 19.3 Å². The first-order chi connectivity index (χ1) is 15.9. The predicted molar refractivity (Wildman–Crippen MR) is 127 cm³/mol. The van der Waals surface area contributed by atoms with E-state index < -0.39 is 4.87 Å². The van der Waals surface area contributed by atoms with Gasteiger partial charge in [-0.3, -0.25) is 9.59 Å². The van der Waals surface area contributed by atoms with E-state index in [9.17, 15) is 14.0 Å². The van der Waals surface area contributed by atoms with Crippen molar-refractivity contribution in [2.24, 2.45) is 0 Å². The summed E-state index contributed by atoms with van der Waals surface area (Å²) in [6.45, 7) is 2.72. The van der Waals surface area contributed by atoms with Gasteiger partial charge in [0.1, 0.15) is 11.6 Å². The number of anilines is 1. The Morgan fingerprint density at radius 1 is 1.09 bits per heavy atom. The molecular weight excluding hydrogens is 439 g/mol. The molecule has 5 rings (SSSR count). The predicted octanol–water partition coefficient (Wildman–Crippen LogP) is 4.73. The SMILES string of the molecule is COc1ccc2c(c1)C1(SCCN1C(=O)c1ccc(C)cc1)C(=O)N2Cc1ccc(F)cc1. The number of aryl methyl sites for hydroxylation is 1. The Morgan fingerprint density at radius 2 is 1.82 bits per heavy atom. The second kappa shape index (κ2) is 8.23. The third kappa shape index (κ3) is 3.47. The van der Waals surface area contributed by atoms with E-state index >= 15 is 0 Å². The van der Waals surface area contributed by atoms with Gasteiger partial charge in [-0.05, 0) is 55.0 Å². The second-order valence-corrected chi connectivity index (χ2v) is 9.50. The molecule has 7 heteroatoms. The summed E-state index contributed by atoms with van der Waals surface area (Å²) in [5, 5.41) is 0. The molecule has 0 aliphatic carbocycles. The molecule has 3 aromatic carbocycles. The first-order valence-electron chi connectivity index (χ1n) is 10.7. The van der Waals surface area contributed by atoms with E-state index in [0.29, 0.717) is 23.6 Å². The number of benzene rings is 3. The Hall–Kier alpha value is -3.32. The van der Waals surface area contributed by atoms with Gasteiger partial charge in [0.25, 0.3) is 11.8 Å². The van der Waals surface area contributed by atoms with Gasteiger partial charge in [-0.25, -0.2) is 4.39 Å². The molecule has 1 saturated heterocycles. The lowest BCUT2D eigenvalue weighted by Gasteiger charge is -2.33. The maximum Gasteiger partial charge on any atom is 0.268 e. The number of fused-ring (bicyclic) bond motifs is 2. The molecule has 0 N–H and O–H groups in total. The van der Waals surface area contributed by atoms with Crippen molar-refractivity contribution in [3.63, 3.8) is 0 Å². The van der Waals surface area contributed by atoms with Crippen LogP contribution in [0.5, 0.6) is 5.75 Å². The minimum absolute atomic E-state index is 0.168. The average molecular weight is 463 g/mol. The summed E-state index contributed by atoms with van der Waals surface area (Å²) in [6, 6.07) is 19.1. The van der Waals surface area contributed by atoms with Crippen molar-refractivity contribution >= 4 is 29.3 Å². The van der Waals surface area contributed by atoms with Gasteiger partial charge in [0, 0.05) is 23.4 Å². The van der Waals surface area contributed by atoms with Crippen molar-refractivity contribution in [1.82, 2.24) is 4.90 Å². The van der Waals surface area contributed by atoms with Gasteiger partial charge in [0.15, 0.2) is 4.87 Å². The van der Waals surface area contributed by atoms with E-state index in [1.807, 2.05) is 37.3 Å². The third-order valence-corrected chi connectivity index (χ3v) is 7.62. The Bertz CT molecular complexity index is 1230. The van der Waals surface area contributed by atoms with E-state index in [1.165, 1.54) is 23.9 Å². The van der Waals surface area contributed by atoms with Crippen molar-refractivity contribution in [3.8, 4) is 5.75 Å². The lowest BCUT2D eigenvalue weighted by atomic mass is 10.0. The Labute approximate surface area is 196 Å². The van der Waals surface area contributed by atoms with Crippen LogP contribution in [-0.4, -0.2) is 36.1 Å². The minimum atomic E-state index is -1.16. The van der Waals surface area contributed by atoms with Crippen molar-refractivity contribution in [2.75, 3.05) is 24.3 Å². The molecule has 2 heterocycles. The fourth-order valence-electron chi connectivity index (χ4n) is 4.50. The molecule has 0 saturated carbocycles. The number of hydrogen-bond donors (Lipinski definition) is 0. The number of ether oxygens (including phenoxy) is 1. The van der Waals surface area contributed by atoms with Crippen LogP contribution in [0.1, 0.15) is 27.0 Å². The molecule has 0 aromatic heterocycles. The van der Waals surface area contributed by atoms with E-state index in [-0.39, 0.29) is 24.2 Å². The highest BCUT2D eigenvalue weighted by Gasteiger charge is 2.59. The van der Waals surface area contributed by atoms with Crippen molar-refractivity contribution in [3.05, 3.63) is 94.8 Å². The summed E-state index contributed by atoms with van der Waals surface area (Å²) < 4.78 is 18.9. The topological polar surface area (TPSA) is 49.9 Å². The van der Waals surface area contributed by atoms with E-state index in [2.05, 4.69) is 0 Å². The van der Waals surface area contributed by atoms with Gasteiger partial charge >= 0.3 is 0 Å². The quantitative estimate of drug-likeness (QED) is 0.563. The number of carbonyl (C=O) groups excluding carboxylic acids is 2. The van der Waals surface area contributed by atoms with E-state index in [1.54, 1.807) is 41.2 Å². The van der Waals surface area contributed by atoms with E-state index in [4.69, 9.17) is 4.74 Å². The van der Waals surface area contributed by atoms with Crippen LogP contribution in [-0.2, 0) is 16.2 Å². The smallest absolute Gasteiger partial charge is 0.268 e. The Morgan fingerprint density at radius 3 is 2.52 bits per heavy atom. The average Bonchev–Trinajstić information content (AvgIpc) is 3.37. The number of amides is 2. The van der Waals surface area contributed by atoms with Crippen LogP contribution in [0.25, 0.3) is 0 Å². The third-order valence-electron chi connectivity index (χ3n) is 6.20. The normalized spacial score (nSPS) is 19.3. The molecular formula is C26H23FN2O3S. The molecule has 0 radical (unpaired) electrons. The lowest BCUT2D eigenvalue weighted by Crippen LogP contribution is -2.50. The number of halogens is 1. The van der Waals surface area contributed by atoms with E-state index in [0.717, 1.165) is 22.4 Å². The zero-order chi connectivity index (χ0) is 23.2. The molecule has 1 unspecified atom stereocenters. The Balaban J connectivity index is 1.60. The number of carbonyl (C=O) groups is 2. The standard InChI is InChI=1S/C26H23FN2O3S/c1-17-3-7-19(8-4-17)24(30)29-13-14-33-26(29)22-15-21(32-2)11-12-23(22)28(25(26)31)16-18-5-9-20(27)10-6-18/h3-12,15H,13-14,16H2,1-2H3. The maximum atomic E-state index is 14.1. The minimum Gasteiger partial charge on any atom is -0.497 e. The maximum absolute atomic E-state index is 14.1. The van der Waals surface area contributed by atoms with Crippen molar-refractivity contribution < 1.29 is 18.7 Å². The number of methoxy groups -OCH3 is 1. The van der Waals surface area contributed by atoms with Crippen LogP contribution in [0.4, 0.5) is 10.1 Å². The summed E-state index contributed by atoms with van der Waals surface area (Å²) in [4.78, 5) is 29.9. The van der Waals surface area contributed by atoms with Crippen molar-refractivity contribution in [1.29, 1.82) is 0 Å². The number of hydrogen-bond acceptors (Lipinski definition) is 4. The summed E-state index contributed by atoms with van der Waals surface area (Å²) in [5.74, 6) is 0.600. The highest BCUT2D eigenvalue weighted by molar-refractivity contribution is 8.01. The molecule has 1 spiro atoms. The second-order valence-electron chi connectivity index (χ2n) is 8.22. The van der Waals surface area contributed by atoms with Crippen LogP contribution < -0.4 is 9.64 Å². The molecule has 2 aliphatic heterocycles. The zero-order valence-corrected chi connectivity index (χ0v) is 19.2. The van der Waals surface area contributed by atoms with Gasteiger partial charge in [0.2, 0.25) is 0 Å². The molecule has 5 nitrogen and oxygen atoms in total. The number of nitrogens with zero attached hydrogens (tertiary/aromatic N) is 2. The van der Waals surface area contributed by atoms with Gasteiger partial charge in [-0.15, -0.1) is 11.8 Å². The number of thioether (sulfide) groups is 1. The molecule has 1 fully saturated rings. The fraction of sp³-hybridized carbons (Fsp3) is 0.231. The Kier molecular flexibility index (Phi) is 5.37. The fourth-order valence-corrected chi connectivity index (χ4v) is 5.95. The van der Waals surface area contributed by atoms with Gasteiger partial charge in [-0.1, -0.05) is 29.8 Å². The molecule has 2 amide bonds. The first-order valence-corrected chi connectivity index (χ1v) is 11.7. The van der Waals surface area contributed by atoms with Gasteiger partial charge < -0.3 is 14.5 Å². The highest BCUT2D eigenvalue weighted by atomic mass is 32.2. The molecule has 0 bridgehead atoms. The monoisotopic (exact) mass is 462 g/mol. The summed E-state index contributed by atoms with van der Waals surface area (Å²) in [5.41, 5.74) is 3.91. The molecule has 168 valence electrons. The molecule has 1 atom stereocenters. The summed E-state index contributed by atoms with van der Waals surface area (Å²) in [7, 11) is 1.58. The van der Waals surface area contributed by atoms with Gasteiger partial charge in [-0.2, -0.15) is 0 Å². The molecule has 3 aromatic rings. The largest absolute Gasteiger partial charge is 0.497 e. The van der Waals surface area contributed by atoms with Crippen LogP contribution in [0.15, 0.2) is 66.7 Å². The summed E-state index contributed by atoms with van der Waals surface area (Å²) >= 11 is 1.47. The number of rotatable bonds is 4. The zero-order valence-electron chi connectivity index (χ0n) is 18.4. The van der Waals surface area contributed by atoms with Crippen LogP contribution >= 0.6 is 11.8 Å². The molecule has 33 heavy (non-hydrogen) atoms. The van der Waals surface area contributed by atoms with Crippen LogP contribution in [0.2, 0.25) is 0 Å². The molecule has 2 aliphatic rings.